The van der Waals surface area contributed by atoms with Gasteiger partial charge in [-0.05, 0) is 108 Å². The molecule has 12 rings (SSSR count). The second-order valence-corrected chi connectivity index (χ2v) is 18.0. The minimum atomic E-state index is -0.526. The van der Waals surface area contributed by atoms with Crippen LogP contribution in [0.15, 0.2) is 233 Å². The highest BCUT2D eigenvalue weighted by Gasteiger charge is 2.49. The molecule has 0 saturated heterocycles. The Balaban J connectivity index is 1.14. The quantitative estimate of drug-likeness (QED) is 0.123. The molecule has 67 heavy (non-hydrogen) atoms. The smallest absolute Gasteiger partial charge is 0.161 e. The largest absolute Gasteiger partial charge is 0.355 e. The van der Waals surface area contributed by atoms with Crippen LogP contribution in [0.1, 0.15) is 63.9 Å². The number of aromatic amines is 1. The van der Waals surface area contributed by atoms with E-state index in [1.54, 1.807) is 0 Å². The third kappa shape index (κ3) is 6.41. The molecule has 2 unspecified atom stereocenters. The fourth-order valence-corrected chi connectivity index (χ4v) is 10.9. The Labute approximate surface area is 390 Å². The Bertz CT molecular complexity index is 3750. The fraction of sp³-hybridized carbons (Fsp3) is 0.0806. The van der Waals surface area contributed by atoms with Gasteiger partial charge in [0.2, 0.25) is 0 Å². The number of nitrogens with zero attached hydrogens (tertiary/aromatic N) is 4. The van der Waals surface area contributed by atoms with Crippen molar-refractivity contribution < 1.29 is 0 Å². The average molecular weight is 862 g/mol. The summed E-state index contributed by atoms with van der Waals surface area (Å²) < 4.78 is 2.43. The number of para-hydroxylation sites is 2. The zero-order valence-corrected chi connectivity index (χ0v) is 37.5. The van der Waals surface area contributed by atoms with Crippen LogP contribution in [0.25, 0.3) is 49.3 Å². The van der Waals surface area contributed by atoms with Crippen LogP contribution < -0.4 is 0 Å². The lowest BCUT2D eigenvalue weighted by molar-refractivity contribution is 0.570. The summed E-state index contributed by atoms with van der Waals surface area (Å²) in [6.45, 7) is 9.27. The Hall–Kier alpha value is -8.41. The number of benzene rings is 9. The highest BCUT2D eigenvalue weighted by Crippen LogP contribution is 2.57. The van der Waals surface area contributed by atoms with Gasteiger partial charge in [-0.25, -0.2) is 9.98 Å². The first-order valence-corrected chi connectivity index (χ1v) is 23.0. The number of hydrogen-bond acceptors (Lipinski definition) is 1. The maximum atomic E-state index is 5.17. The van der Waals surface area contributed by atoms with E-state index in [1.807, 2.05) is 48.5 Å². The van der Waals surface area contributed by atoms with Crippen molar-refractivity contribution in [2.75, 3.05) is 0 Å². The molecule has 2 aromatic heterocycles. The molecule has 0 radical (unpaired) electrons. The lowest BCUT2D eigenvalue weighted by Gasteiger charge is -2.47. The van der Waals surface area contributed by atoms with E-state index in [4.69, 9.17) is 9.98 Å². The molecular formula is C62H47N5. The van der Waals surface area contributed by atoms with Crippen molar-refractivity contribution in [2.45, 2.75) is 31.2 Å². The van der Waals surface area contributed by atoms with Gasteiger partial charge in [0.25, 0.3) is 0 Å². The van der Waals surface area contributed by atoms with Gasteiger partial charge in [0, 0.05) is 60.2 Å². The molecule has 5 nitrogen and oxygen atoms in total. The molecule has 1 aliphatic carbocycles. The molecule has 0 amide bonds. The summed E-state index contributed by atoms with van der Waals surface area (Å²) in [5.74, 6) is 1.11. The highest BCUT2D eigenvalue weighted by molar-refractivity contribution is 6.14. The molecule has 0 aliphatic heterocycles. The lowest BCUT2D eigenvalue weighted by Crippen LogP contribution is -2.41. The van der Waals surface area contributed by atoms with Gasteiger partial charge < -0.3 is 9.55 Å². The zero-order valence-electron chi connectivity index (χ0n) is 37.5. The van der Waals surface area contributed by atoms with Gasteiger partial charge in [0.1, 0.15) is 0 Å². The van der Waals surface area contributed by atoms with Crippen molar-refractivity contribution in [3.05, 3.63) is 268 Å². The number of rotatable bonds is 7. The van der Waals surface area contributed by atoms with Gasteiger partial charge in [0.15, 0.2) is 11.7 Å². The lowest BCUT2D eigenvalue weighted by atomic mass is 9.54. The van der Waals surface area contributed by atoms with Crippen LogP contribution in [0.3, 0.4) is 0 Å². The first-order valence-electron chi connectivity index (χ1n) is 23.0. The first-order chi connectivity index (χ1) is 32.9. The molecule has 2 heterocycles. The van der Waals surface area contributed by atoms with Crippen molar-refractivity contribution in [2.24, 2.45) is 15.0 Å². The van der Waals surface area contributed by atoms with Crippen LogP contribution in [0, 0.1) is 0 Å². The second kappa shape index (κ2) is 15.9. The minimum Gasteiger partial charge on any atom is -0.355 e. The summed E-state index contributed by atoms with van der Waals surface area (Å²) in [6, 6.07) is 78.6. The van der Waals surface area contributed by atoms with Crippen molar-refractivity contribution in [3.8, 4) is 5.69 Å². The van der Waals surface area contributed by atoms with Crippen LogP contribution in [0.4, 0.5) is 0 Å². The van der Waals surface area contributed by atoms with Crippen molar-refractivity contribution in [3.63, 3.8) is 0 Å². The Morgan fingerprint density at radius 1 is 0.463 bits per heavy atom. The number of hydrogen-bond donors (Lipinski definition) is 1. The average Bonchev–Trinajstić information content (AvgIpc) is 3.93. The first kappa shape index (κ1) is 40.1. The maximum absolute atomic E-state index is 5.17. The summed E-state index contributed by atoms with van der Waals surface area (Å²) in [5.41, 5.74) is 15.1. The molecule has 11 aromatic rings. The summed E-state index contributed by atoms with van der Waals surface area (Å²) in [4.78, 5) is 18.5. The third-order valence-corrected chi connectivity index (χ3v) is 14.3. The predicted molar refractivity (Wildman–Crippen MR) is 280 cm³/mol. The Kier molecular flexibility index (Phi) is 9.54. The molecule has 0 fully saturated rings. The van der Waals surface area contributed by atoms with Crippen LogP contribution in [0.2, 0.25) is 0 Å². The number of aromatic nitrogens is 2. The highest BCUT2D eigenvalue weighted by atomic mass is 15.0. The van der Waals surface area contributed by atoms with Crippen molar-refractivity contribution >= 4 is 62.0 Å². The van der Waals surface area contributed by atoms with Gasteiger partial charge in [-0.15, -0.1) is 0 Å². The summed E-state index contributed by atoms with van der Waals surface area (Å²) in [7, 11) is 0. The predicted octanol–water partition coefficient (Wildman–Crippen LogP) is 14.5. The number of nitrogens with one attached hydrogen (secondary N) is 1. The number of amidine groups is 2. The third-order valence-electron chi connectivity index (χ3n) is 14.3. The van der Waals surface area contributed by atoms with Gasteiger partial charge >= 0.3 is 0 Å². The number of fused-ring (bicyclic) bond motifs is 8. The van der Waals surface area contributed by atoms with Crippen LogP contribution >= 0.6 is 0 Å². The molecule has 1 aliphatic rings. The van der Waals surface area contributed by atoms with E-state index < -0.39 is 10.8 Å². The maximum Gasteiger partial charge on any atom is 0.161 e. The van der Waals surface area contributed by atoms with E-state index in [0.29, 0.717) is 18.2 Å². The standard InChI is InChI=1S/C62H47N5/c1-61(44-26-12-6-13-27-44)52-37-50-48-32-17-19-34-57(48)67(46-30-20-25-43(35-46)60(64-40-41-21-8-4-9-22-41)66-59(63-3)42-23-10-5-11-24-42)58(50)39-54(52)62(2,45-28-14-7-15-29-45)51-36-49-47-31-16-18-33-55(47)65-56(49)38-53(51)61/h4-39,65H,3,40H2,1-2H3. The number of H-pyrrole nitrogens is 1. The fourth-order valence-electron chi connectivity index (χ4n) is 10.9. The molecule has 1 N–H and O–H groups in total. The van der Waals surface area contributed by atoms with Gasteiger partial charge in [-0.2, -0.15) is 0 Å². The van der Waals surface area contributed by atoms with E-state index in [9.17, 15) is 0 Å². The van der Waals surface area contributed by atoms with Crippen molar-refractivity contribution in [1.82, 2.24) is 9.55 Å². The Morgan fingerprint density at radius 2 is 1.01 bits per heavy atom. The molecule has 0 bridgehead atoms. The van der Waals surface area contributed by atoms with E-state index >= 15 is 0 Å². The van der Waals surface area contributed by atoms with Crippen molar-refractivity contribution in [1.29, 1.82) is 0 Å². The summed E-state index contributed by atoms with van der Waals surface area (Å²) in [5, 5.41) is 4.86. The van der Waals surface area contributed by atoms with Gasteiger partial charge in [0.05, 0.1) is 17.6 Å². The zero-order chi connectivity index (χ0) is 45.1. The molecule has 0 saturated carbocycles. The van der Waals surface area contributed by atoms with E-state index in [-0.39, 0.29) is 0 Å². The van der Waals surface area contributed by atoms with Gasteiger partial charge in [-0.1, -0.05) is 170 Å². The molecule has 2 atom stereocenters. The normalized spacial score (nSPS) is 17.2. The van der Waals surface area contributed by atoms with E-state index in [2.05, 4.69) is 205 Å². The summed E-state index contributed by atoms with van der Waals surface area (Å²) >= 11 is 0. The molecule has 9 aromatic carbocycles. The van der Waals surface area contributed by atoms with Crippen LogP contribution in [-0.2, 0) is 17.4 Å². The molecular weight excluding hydrogens is 815 g/mol. The van der Waals surface area contributed by atoms with E-state index in [0.717, 1.165) is 44.4 Å². The second-order valence-electron chi connectivity index (χ2n) is 18.0. The van der Waals surface area contributed by atoms with Crippen LogP contribution in [0.5, 0.6) is 0 Å². The number of aliphatic imine (C=N–C) groups is 3. The molecule has 5 heteroatoms. The van der Waals surface area contributed by atoms with Crippen LogP contribution in [-0.4, -0.2) is 27.9 Å². The van der Waals surface area contributed by atoms with E-state index in [1.165, 1.54) is 54.9 Å². The topological polar surface area (TPSA) is 57.8 Å². The SMILES string of the molecule is C=NC(=NC(=NCc1ccccc1)c1cccc(-n2c3ccccc3c3cc4c(cc32)C(C)(c2ccccc2)c2cc3c(cc2C4(C)c2ccccc2)[nH]c2ccccc23)c1)c1ccccc1. The summed E-state index contributed by atoms with van der Waals surface area (Å²) in [6.07, 6.45) is 0. The Morgan fingerprint density at radius 3 is 1.70 bits per heavy atom. The monoisotopic (exact) mass is 861 g/mol. The molecule has 0 spiro atoms. The van der Waals surface area contributed by atoms with Gasteiger partial charge in [-0.3, -0.25) is 4.99 Å². The minimum absolute atomic E-state index is 0.467. The molecule has 320 valence electrons.